The molecule has 0 amide bonds. The number of ether oxygens (including phenoxy) is 1. The molecule has 0 N–H and O–H groups in total. The molecule has 0 saturated heterocycles. The molecule has 31 heavy (non-hydrogen) atoms. The van der Waals surface area contributed by atoms with Crippen molar-refractivity contribution in [1.29, 1.82) is 0 Å². The van der Waals surface area contributed by atoms with E-state index < -0.39 is 0 Å². The number of hydrogen-bond donors (Lipinski definition) is 0. The number of benzene rings is 3. The van der Waals surface area contributed by atoms with Gasteiger partial charge in [0.1, 0.15) is 11.5 Å². The molecule has 2 heterocycles. The van der Waals surface area contributed by atoms with E-state index in [-0.39, 0.29) is 5.41 Å². The summed E-state index contributed by atoms with van der Waals surface area (Å²) >= 11 is 0. The zero-order valence-electron chi connectivity index (χ0n) is 17.8. The van der Waals surface area contributed by atoms with Crippen LogP contribution in [0.25, 0.3) is 22.3 Å². The Kier molecular flexibility index (Phi) is 4.74. The standard InChI is InChI=1S/C28H25NO2/c1-28(2)17-24-26(20-9-5-3-6-10-20)27(25(18-30)29(24)19-28)21-13-15-23(16-14-21)31-22-11-7-4-8-12-22/h3-16,18H,17,19H2,1-2H3. The van der Waals surface area contributed by atoms with Gasteiger partial charge in [-0.3, -0.25) is 4.79 Å². The number of fused-ring (bicyclic) bond motifs is 1. The average molecular weight is 408 g/mol. The van der Waals surface area contributed by atoms with Crippen LogP contribution in [-0.2, 0) is 13.0 Å². The van der Waals surface area contributed by atoms with Crippen molar-refractivity contribution in [2.24, 2.45) is 5.41 Å². The summed E-state index contributed by atoms with van der Waals surface area (Å²) in [5.74, 6) is 1.58. The van der Waals surface area contributed by atoms with E-state index in [0.717, 1.165) is 53.1 Å². The first-order valence-corrected chi connectivity index (χ1v) is 10.6. The Morgan fingerprint density at radius 1 is 0.774 bits per heavy atom. The van der Waals surface area contributed by atoms with Crippen molar-refractivity contribution in [3.8, 4) is 33.8 Å². The minimum atomic E-state index is 0.141. The summed E-state index contributed by atoms with van der Waals surface area (Å²) in [5, 5.41) is 0. The molecule has 1 aliphatic heterocycles. The van der Waals surface area contributed by atoms with Crippen molar-refractivity contribution in [3.05, 3.63) is 96.3 Å². The summed E-state index contributed by atoms with van der Waals surface area (Å²) in [6, 6.07) is 28.2. The summed E-state index contributed by atoms with van der Waals surface area (Å²) in [7, 11) is 0. The van der Waals surface area contributed by atoms with Crippen LogP contribution in [0.4, 0.5) is 0 Å². The summed E-state index contributed by atoms with van der Waals surface area (Å²) in [5.41, 5.74) is 6.51. The number of aldehydes is 1. The zero-order valence-corrected chi connectivity index (χ0v) is 17.8. The highest BCUT2D eigenvalue weighted by Gasteiger charge is 2.35. The van der Waals surface area contributed by atoms with E-state index in [0.29, 0.717) is 0 Å². The van der Waals surface area contributed by atoms with Gasteiger partial charge in [-0.25, -0.2) is 0 Å². The maximum Gasteiger partial charge on any atom is 0.167 e. The van der Waals surface area contributed by atoms with Gasteiger partial charge in [0, 0.05) is 23.4 Å². The lowest BCUT2D eigenvalue weighted by atomic mass is 9.87. The molecule has 0 radical (unpaired) electrons. The Balaban J connectivity index is 1.62. The fourth-order valence-electron chi connectivity index (χ4n) is 4.63. The molecular formula is C28H25NO2. The predicted molar refractivity (Wildman–Crippen MR) is 125 cm³/mol. The van der Waals surface area contributed by atoms with Gasteiger partial charge in [0.2, 0.25) is 0 Å². The average Bonchev–Trinajstić information content (AvgIpc) is 3.25. The molecule has 1 aromatic heterocycles. The maximum atomic E-state index is 12.3. The van der Waals surface area contributed by atoms with E-state index in [9.17, 15) is 4.79 Å². The molecule has 0 spiro atoms. The number of aromatic nitrogens is 1. The summed E-state index contributed by atoms with van der Waals surface area (Å²) < 4.78 is 8.18. The number of para-hydroxylation sites is 1. The number of rotatable bonds is 5. The first kappa shape index (κ1) is 19.4. The third-order valence-corrected chi connectivity index (χ3v) is 5.94. The molecule has 0 bridgehead atoms. The molecular weight excluding hydrogens is 382 g/mol. The molecule has 3 nitrogen and oxygen atoms in total. The molecule has 3 heteroatoms. The Hall–Kier alpha value is -3.59. The van der Waals surface area contributed by atoms with Gasteiger partial charge in [0.25, 0.3) is 0 Å². The molecule has 1 aliphatic rings. The van der Waals surface area contributed by atoms with E-state index >= 15 is 0 Å². The van der Waals surface area contributed by atoms with E-state index in [1.165, 1.54) is 11.3 Å². The van der Waals surface area contributed by atoms with Crippen LogP contribution in [0.15, 0.2) is 84.9 Å². The maximum absolute atomic E-state index is 12.3. The van der Waals surface area contributed by atoms with Crippen molar-refractivity contribution >= 4 is 6.29 Å². The second-order valence-corrected chi connectivity index (χ2v) is 8.93. The minimum Gasteiger partial charge on any atom is -0.457 e. The van der Waals surface area contributed by atoms with E-state index in [2.05, 4.69) is 42.7 Å². The monoisotopic (exact) mass is 407 g/mol. The molecule has 0 atom stereocenters. The van der Waals surface area contributed by atoms with E-state index in [1.807, 2.05) is 60.7 Å². The third kappa shape index (κ3) is 3.57. The minimum absolute atomic E-state index is 0.141. The number of nitrogens with zero attached hydrogens (tertiary/aromatic N) is 1. The summed E-state index contributed by atoms with van der Waals surface area (Å²) in [6.45, 7) is 5.38. The zero-order chi connectivity index (χ0) is 21.4. The summed E-state index contributed by atoms with van der Waals surface area (Å²) in [6.07, 6.45) is 1.97. The molecule has 4 aromatic rings. The number of carbonyl (C=O) groups is 1. The van der Waals surface area contributed by atoms with Crippen LogP contribution in [0.1, 0.15) is 30.0 Å². The Bertz CT molecular complexity index is 1220. The summed E-state index contributed by atoms with van der Waals surface area (Å²) in [4.78, 5) is 12.3. The van der Waals surface area contributed by atoms with Crippen LogP contribution in [0.3, 0.4) is 0 Å². The van der Waals surface area contributed by atoms with E-state index in [4.69, 9.17) is 4.74 Å². The normalized spacial score (nSPS) is 14.3. The van der Waals surface area contributed by atoms with Gasteiger partial charge >= 0.3 is 0 Å². The van der Waals surface area contributed by atoms with Crippen molar-refractivity contribution in [3.63, 3.8) is 0 Å². The fraction of sp³-hybridized carbons (Fsp3) is 0.179. The van der Waals surface area contributed by atoms with Crippen molar-refractivity contribution in [1.82, 2.24) is 4.57 Å². The Morgan fingerprint density at radius 3 is 2.00 bits per heavy atom. The lowest BCUT2D eigenvalue weighted by Gasteiger charge is -2.17. The number of carbonyl (C=O) groups excluding carboxylic acids is 1. The fourth-order valence-corrected chi connectivity index (χ4v) is 4.63. The van der Waals surface area contributed by atoms with Gasteiger partial charge in [-0.15, -0.1) is 0 Å². The highest BCUT2D eigenvalue weighted by atomic mass is 16.5. The van der Waals surface area contributed by atoms with Crippen molar-refractivity contribution in [2.75, 3.05) is 0 Å². The highest BCUT2D eigenvalue weighted by molar-refractivity contribution is 5.97. The Morgan fingerprint density at radius 2 is 1.35 bits per heavy atom. The van der Waals surface area contributed by atoms with Gasteiger partial charge in [-0.05, 0) is 47.2 Å². The van der Waals surface area contributed by atoms with Crippen LogP contribution >= 0.6 is 0 Å². The van der Waals surface area contributed by atoms with Gasteiger partial charge in [-0.2, -0.15) is 0 Å². The topological polar surface area (TPSA) is 31.2 Å². The molecule has 0 fully saturated rings. The first-order valence-electron chi connectivity index (χ1n) is 10.6. The smallest absolute Gasteiger partial charge is 0.167 e. The van der Waals surface area contributed by atoms with Crippen molar-refractivity contribution in [2.45, 2.75) is 26.8 Å². The third-order valence-electron chi connectivity index (χ3n) is 5.94. The van der Waals surface area contributed by atoms with Crippen LogP contribution in [0, 0.1) is 5.41 Å². The van der Waals surface area contributed by atoms with Gasteiger partial charge in [0.15, 0.2) is 6.29 Å². The molecule has 5 rings (SSSR count). The molecule has 3 aromatic carbocycles. The van der Waals surface area contributed by atoms with Gasteiger partial charge < -0.3 is 9.30 Å². The molecule has 0 unspecified atom stereocenters. The lowest BCUT2D eigenvalue weighted by molar-refractivity contribution is 0.111. The largest absolute Gasteiger partial charge is 0.457 e. The quantitative estimate of drug-likeness (QED) is 0.333. The SMILES string of the molecule is CC1(C)Cc2c(-c3ccccc3)c(-c3ccc(Oc4ccccc4)cc3)c(C=O)n2C1. The van der Waals surface area contributed by atoms with E-state index in [1.54, 1.807) is 0 Å². The molecule has 0 saturated carbocycles. The van der Waals surface area contributed by atoms with Crippen LogP contribution < -0.4 is 4.74 Å². The van der Waals surface area contributed by atoms with Crippen molar-refractivity contribution < 1.29 is 9.53 Å². The predicted octanol–water partition coefficient (Wildman–Crippen LogP) is 7.01. The molecule has 0 aliphatic carbocycles. The highest BCUT2D eigenvalue weighted by Crippen LogP contribution is 2.46. The second-order valence-electron chi connectivity index (χ2n) is 8.93. The van der Waals surface area contributed by atoms with Crippen LogP contribution in [-0.4, -0.2) is 10.9 Å². The first-order chi connectivity index (χ1) is 15.1. The lowest BCUT2D eigenvalue weighted by Crippen LogP contribution is -2.14. The second kappa shape index (κ2) is 7.59. The van der Waals surface area contributed by atoms with Gasteiger partial charge in [0.05, 0.1) is 5.69 Å². The Labute approximate surface area is 182 Å². The van der Waals surface area contributed by atoms with Crippen LogP contribution in [0.2, 0.25) is 0 Å². The number of hydrogen-bond acceptors (Lipinski definition) is 2. The van der Waals surface area contributed by atoms with Gasteiger partial charge in [-0.1, -0.05) is 74.5 Å². The van der Waals surface area contributed by atoms with Crippen LogP contribution in [0.5, 0.6) is 11.5 Å². The molecule has 154 valence electrons.